The van der Waals surface area contributed by atoms with Crippen LogP contribution >= 0.6 is 0 Å². The summed E-state index contributed by atoms with van der Waals surface area (Å²) in [5.74, 6) is 0.275. The standard InChI is InChI=1S/C17H12F2N6O2/c18-16(19)27-12-4-2-11(3-5-12)22-17-23-15-14(20-7-8-25(15)24-17)10-1-6-13(26)21-9-10/h1-9,16H,(H,21,26)(H,22,24). The largest absolute Gasteiger partial charge is 0.493 e. The van der Waals surface area contributed by atoms with E-state index >= 15 is 0 Å². The van der Waals surface area contributed by atoms with E-state index in [0.717, 1.165) is 0 Å². The van der Waals surface area contributed by atoms with Crippen LogP contribution in [0.1, 0.15) is 0 Å². The molecule has 1 aromatic carbocycles. The maximum absolute atomic E-state index is 12.2. The summed E-state index contributed by atoms with van der Waals surface area (Å²) >= 11 is 0. The van der Waals surface area contributed by atoms with Crippen LogP contribution in [-0.2, 0) is 0 Å². The fourth-order valence-corrected chi connectivity index (χ4v) is 2.45. The normalized spacial score (nSPS) is 11.1. The van der Waals surface area contributed by atoms with Crippen molar-refractivity contribution in [2.24, 2.45) is 0 Å². The Hall–Kier alpha value is -3.82. The van der Waals surface area contributed by atoms with Crippen LogP contribution in [0.2, 0.25) is 0 Å². The molecule has 0 aliphatic rings. The van der Waals surface area contributed by atoms with Crippen LogP contribution in [0, 0.1) is 0 Å². The highest BCUT2D eigenvalue weighted by Gasteiger charge is 2.12. The number of hydrogen-bond donors (Lipinski definition) is 2. The highest BCUT2D eigenvalue weighted by atomic mass is 19.3. The van der Waals surface area contributed by atoms with Gasteiger partial charge in [0.15, 0.2) is 5.65 Å². The maximum Gasteiger partial charge on any atom is 0.387 e. The molecule has 0 amide bonds. The molecule has 0 radical (unpaired) electrons. The lowest BCUT2D eigenvalue weighted by molar-refractivity contribution is -0.0498. The van der Waals surface area contributed by atoms with Crippen molar-refractivity contribution in [1.82, 2.24) is 24.6 Å². The fraction of sp³-hybridized carbons (Fsp3) is 0.0588. The molecule has 0 atom stereocenters. The van der Waals surface area contributed by atoms with E-state index in [2.05, 4.69) is 30.1 Å². The summed E-state index contributed by atoms with van der Waals surface area (Å²) < 4.78 is 30.3. The second kappa shape index (κ2) is 6.83. The Morgan fingerprint density at radius 1 is 1.07 bits per heavy atom. The zero-order valence-electron chi connectivity index (χ0n) is 13.6. The molecule has 4 rings (SSSR count). The van der Waals surface area contributed by atoms with Crippen molar-refractivity contribution in [3.8, 4) is 22.9 Å². The predicted molar refractivity (Wildman–Crippen MR) is 92.0 cm³/mol. The Bertz CT molecular complexity index is 1070. The van der Waals surface area contributed by atoms with Gasteiger partial charge in [0.1, 0.15) is 11.4 Å². The van der Waals surface area contributed by atoms with Crippen LogP contribution in [0.3, 0.4) is 0 Å². The van der Waals surface area contributed by atoms with Crippen molar-refractivity contribution in [2.45, 2.75) is 6.61 Å². The molecule has 0 spiro atoms. The average molecular weight is 370 g/mol. The number of rotatable bonds is 5. The third kappa shape index (κ3) is 3.59. The smallest absolute Gasteiger partial charge is 0.387 e. The van der Waals surface area contributed by atoms with Crippen molar-refractivity contribution >= 4 is 17.3 Å². The first kappa shape index (κ1) is 16.6. The van der Waals surface area contributed by atoms with E-state index in [-0.39, 0.29) is 11.6 Å². The average Bonchev–Trinajstić information content (AvgIpc) is 3.06. The number of pyridine rings is 1. The summed E-state index contributed by atoms with van der Waals surface area (Å²) in [6, 6.07) is 9.12. The van der Waals surface area contributed by atoms with E-state index in [1.807, 2.05) is 0 Å². The van der Waals surface area contributed by atoms with Gasteiger partial charge in [0, 0.05) is 35.9 Å². The zero-order valence-corrected chi connectivity index (χ0v) is 13.6. The van der Waals surface area contributed by atoms with Crippen LogP contribution in [-0.4, -0.2) is 36.3 Å². The summed E-state index contributed by atoms with van der Waals surface area (Å²) in [4.78, 5) is 12.6. The molecule has 136 valence electrons. The number of ether oxygens (including phenoxy) is 1. The first-order chi connectivity index (χ1) is 13.1. The molecular formula is C17H12F2N6O2. The van der Waals surface area contributed by atoms with E-state index in [4.69, 9.17) is 0 Å². The number of halogens is 2. The monoisotopic (exact) mass is 370 g/mol. The number of hydrogen-bond acceptors (Lipinski definition) is 7. The van der Waals surface area contributed by atoms with E-state index in [9.17, 15) is 13.9 Å². The molecule has 2 N–H and O–H groups in total. The van der Waals surface area contributed by atoms with Gasteiger partial charge in [-0.25, -0.2) is 9.50 Å². The van der Waals surface area contributed by atoms with Crippen molar-refractivity contribution in [3.05, 3.63) is 55.0 Å². The van der Waals surface area contributed by atoms with Gasteiger partial charge in [-0.2, -0.15) is 13.8 Å². The summed E-state index contributed by atoms with van der Waals surface area (Å²) in [7, 11) is 0. The Labute approximate surface area is 151 Å². The second-order valence-corrected chi connectivity index (χ2v) is 5.41. The van der Waals surface area contributed by atoms with Crippen LogP contribution in [0.5, 0.6) is 11.6 Å². The van der Waals surface area contributed by atoms with E-state index in [0.29, 0.717) is 28.5 Å². The van der Waals surface area contributed by atoms with Gasteiger partial charge in [-0.1, -0.05) is 0 Å². The molecule has 27 heavy (non-hydrogen) atoms. The second-order valence-electron chi connectivity index (χ2n) is 5.41. The maximum atomic E-state index is 12.2. The van der Waals surface area contributed by atoms with Gasteiger partial charge in [0.25, 0.3) is 0 Å². The van der Waals surface area contributed by atoms with Gasteiger partial charge in [0.2, 0.25) is 11.8 Å². The van der Waals surface area contributed by atoms with Crippen molar-refractivity contribution in [1.29, 1.82) is 0 Å². The molecule has 0 saturated heterocycles. The number of benzene rings is 1. The summed E-state index contributed by atoms with van der Waals surface area (Å²) in [6.07, 6.45) is 4.70. The Kier molecular flexibility index (Phi) is 4.21. The topological polar surface area (TPSA) is 97.5 Å². The third-order valence-corrected chi connectivity index (χ3v) is 3.61. The summed E-state index contributed by atoms with van der Waals surface area (Å²) in [5.41, 5.74) is 2.32. The number of anilines is 2. The molecular weight excluding hydrogens is 358 g/mol. The predicted octanol–water partition coefficient (Wildman–Crippen LogP) is 3.24. The molecule has 0 aliphatic carbocycles. The van der Waals surface area contributed by atoms with Crippen molar-refractivity contribution < 1.29 is 18.6 Å². The van der Waals surface area contributed by atoms with Gasteiger partial charge < -0.3 is 15.2 Å². The Morgan fingerprint density at radius 3 is 2.59 bits per heavy atom. The Balaban J connectivity index is 1.62. The first-order valence-electron chi connectivity index (χ1n) is 7.77. The summed E-state index contributed by atoms with van der Waals surface area (Å²) in [6.45, 7) is -2.87. The van der Waals surface area contributed by atoms with E-state index in [1.54, 1.807) is 35.1 Å². The van der Waals surface area contributed by atoms with Gasteiger partial charge in [-0.05, 0) is 30.3 Å². The third-order valence-electron chi connectivity index (χ3n) is 3.61. The molecule has 0 unspecified atom stereocenters. The SMILES string of the molecule is Oc1ccc(-c2nccn3nc(Nc4ccc(OC(F)F)cc4)nc23)cn1. The lowest BCUT2D eigenvalue weighted by Gasteiger charge is -2.05. The Morgan fingerprint density at radius 2 is 1.89 bits per heavy atom. The molecule has 3 aromatic heterocycles. The molecule has 3 heterocycles. The number of nitrogens with one attached hydrogen (secondary N) is 1. The zero-order chi connectivity index (χ0) is 18.8. The van der Waals surface area contributed by atoms with Gasteiger partial charge in [-0.15, -0.1) is 5.10 Å². The van der Waals surface area contributed by atoms with Gasteiger partial charge >= 0.3 is 6.61 Å². The van der Waals surface area contributed by atoms with Crippen molar-refractivity contribution in [3.63, 3.8) is 0 Å². The van der Waals surface area contributed by atoms with Crippen LogP contribution < -0.4 is 10.1 Å². The molecule has 0 fully saturated rings. The lowest BCUT2D eigenvalue weighted by Crippen LogP contribution is -2.01. The lowest BCUT2D eigenvalue weighted by atomic mass is 10.2. The van der Waals surface area contributed by atoms with Gasteiger partial charge in [-0.3, -0.25) is 4.98 Å². The highest BCUT2D eigenvalue weighted by Crippen LogP contribution is 2.24. The highest BCUT2D eigenvalue weighted by molar-refractivity contribution is 5.74. The molecule has 0 aliphatic heterocycles. The molecule has 8 nitrogen and oxygen atoms in total. The fourth-order valence-electron chi connectivity index (χ4n) is 2.45. The van der Waals surface area contributed by atoms with Crippen LogP contribution in [0.4, 0.5) is 20.4 Å². The number of fused-ring (bicyclic) bond motifs is 1. The molecule has 0 bridgehead atoms. The molecule has 10 heteroatoms. The minimum absolute atomic E-state index is 0.0600. The quantitative estimate of drug-likeness (QED) is 0.556. The van der Waals surface area contributed by atoms with Crippen LogP contribution in [0.15, 0.2) is 55.0 Å². The number of aromatic hydroxyl groups is 1. The molecule has 4 aromatic rings. The molecule has 0 saturated carbocycles. The van der Waals surface area contributed by atoms with Crippen LogP contribution in [0.25, 0.3) is 16.9 Å². The summed E-state index contributed by atoms with van der Waals surface area (Å²) in [5, 5.41) is 16.6. The first-order valence-corrected chi connectivity index (χ1v) is 7.77. The van der Waals surface area contributed by atoms with E-state index < -0.39 is 6.61 Å². The van der Waals surface area contributed by atoms with E-state index in [1.165, 1.54) is 24.4 Å². The number of aromatic nitrogens is 5. The number of alkyl halides is 2. The number of nitrogens with zero attached hydrogens (tertiary/aromatic N) is 5. The minimum atomic E-state index is -2.87. The van der Waals surface area contributed by atoms with Crippen molar-refractivity contribution in [2.75, 3.05) is 5.32 Å². The van der Waals surface area contributed by atoms with Gasteiger partial charge in [0.05, 0.1) is 0 Å². The minimum Gasteiger partial charge on any atom is -0.493 e.